The largest absolute Gasteiger partial charge is 0.507 e. The number of nitrogens with zero attached hydrogens (tertiary/aromatic N) is 6. The van der Waals surface area contributed by atoms with Gasteiger partial charge in [0, 0.05) is 12.5 Å². The SMILES string of the molecule is CC(=O)N(O)CNC(=O)CC(=O)N(O)CNC(=O)CC(=O)N(O)CNC(=O)c1ccc(-n2nc(-c3ccccc3O)nc2-c2ccccc2O)cc1. The number of aromatic hydroxyl groups is 2. The van der Waals surface area contributed by atoms with Crippen LogP contribution in [0.15, 0.2) is 72.8 Å². The normalized spacial score (nSPS) is 10.5. The Labute approximate surface area is 294 Å². The quantitative estimate of drug-likeness (QED) is 0.0377. The zero-order valence-corrected chi connectivity index (χ0v) is 27.3. The van der Waals surface area contributed by atoms with Crippen LogP contribution in [-0.2, 0) is 24.0 Å². The summed E-state index contributed by atoms with van der Waals surface area (Å²) in [6.45, 7) is -1.12. The van der Waals surface area contributed by atoms with E-state index in [-0.39, 0.29) is 43.9 Å². The molecule has 0 atom stereocenters. The molecule has 0 spiro atoms. The molecule has 52 heavy (non-hydrogen) atoms. The molecule has 4 aromatic rings. The molecule has 3 aromatic carbocycles. The van der Waals surface area contributed by atoms with Crippen molar-refractivity contribution in [2.75, 3.05) is 20.0 Å². The van der Waals surface area contributed by atoms with Gasteiger partial charge in [-0.05, 0) is 48.5 Å². The lowest BCUT2D eigenvalue weighted by Crippen LogP contribution is -2.44. The highest BCUT2D eigenvalue weighted by molar-refractivity contribution is 5.98. The number of aromatic nitrogens is 3. The van der Waals surface area contributed by atoms with Gasteiger partial charge in [-0.15, -0.1) is 5.10 Å². The number of hydrogen-bond donors (Lipinski definition) is 8. The minimum atomic E-state index is -1.16. The van der Waals surface area contributed by atoms with Crippen molar-refractivity contribution in [3.8, 4) is 40.0 Å². The van der Waals surface area contributed by atoms with Crippen LogP contribution in [0.5, 0.6) is 11.5 Å². The summed E-state index contributed by atoms with van der Waals surface area (Å²) < 4.78 is 1.42. The van der Waals surface area contributed by atoms with Gasteiger partial charge in [-0.3, -0.25) is 44.4 Å². The van der Waals surface area contributed by atoms with Gasteiger partial charge in [0.15, 0.2) is 11.6 Å². The first kappa shape index (κ1) is 37.9. The fourth-order valence-electron chi connectivity index (χ4n) is 4.30. The number of carbonyl (C=O) groups excluding carboxylic acids is 6. The number of hydrogen-bond acceptors (Lipinski definition) is 13. The molecule has 272 valence electrons. The second-order valence-electron chi connectivity index (χ2n) is 10.8. The molecule has 1 heterocycles. The van der Waals surface area contributed by atoms with E-state index in [1.54, 1.807) is 36.4 Å². The Hall–Kier alpha value is -6.90. The second kappa shape index (κ2) is 17.2. The molecule has 20 nitrogen and oxygen atoms in total. The van der Waals surface area contributed by atoms with E-state index in [4.69, 9.17) is 0 Å². The lowest BCUT2D eigenvalue weighted by molar-refractivity contribution is -0.170. The van der Waals surface area contributed by atoms with E-state index in [9.17, 15) is 54.6 Å². The summed E-state index contributed by atoms with van der Waals surface area (Å²) in [6.07, 6.45) is -1.84. The third-order valence-corrected chi connectivity index (χ3v) is 7.08. The van der Waals surface area contributed by atoms with Crippen LogP contribution in [0.1, 0.15) is 30.1 Å². The average molecular weight is 720 g/mol. The maximum atomic E-state index is 12.8. The Morgan fingerprint density at radius 3 is 1.65 bits per heavy atom. The Morgan fingerprint density at radius 2 is 1.13 bits per heavy atom. The molecule has 0 radical (unpaired) electrons. The number of para-hydroxylation sites is 2. The fourth-order valence-corrected chi connectivity index (χ4v) is 4.30. The first-order chi connectivity index (χ1) is 24.7. The first-order valence-corrected chi connectivity index (χ1v) is 15.2. The third kappa shape index (κ3) is 9.84. The van der Waals surface area contributed by atoms with E-state index >= 15 is 0 Å². The topological polar surface area (TPSA) is 280 Å². The first-order valence-electron chi connectivity index (χ1n) is 15.2. The summed E-state index contributed by atoms with van der Waals surface area (Å²) in [5.74, 6) is -5.46. The lowest BCUT2D eigenvalue weighted by atomic mass is 10.1. The predicted molar refractivity (Wildman–Crippen MR) is 175 cm³/mol. The monoisotopic (exact) mass is 719 g/mol. The Balaban J connectivity index is 1.30. The average Bonchev–Trinajstić information content (AvgIpc) is 3.56. The van der Waals surface area contributed by atoms with Gasteiger partial charge in [0.2, 0.25) is 17.7 Å². The van der Waals surface area contributed by atoms with Crippen molar-refractivity contribution in [1.82, 2.24) is 45.9 Å². The number of nitrogens with one attached hydrogen (secondary N) is 3. The summed E-state index contributed by atoms with van der Waals surface area (Å²) in [5.41, 5.74) is 1.25. The van der Waals surface area contributed by atoms with E-state index in [0.29, 0.717) is 16.8 Å². The minimum Gasteiger partial charge on any atom is -0.507 e. The van der Waals surface area contributed by atoms with Crippen LogP contribution in [0.2, 0.25) is 0 Å². The van der Waals surface area contributed by atoms with Gasteiger partial charge in [0.25, 0.3) is 17.7 Å². The van der Waals surface area contributed by atoms with Crippen molar-refractivity contribution in [3.63, 3.8) is 0 Å². The Morgan fingerprint density at radius 1 is 0.654 bits per heavy atom. The molecule has 0 saturated carbocycles. The molecule has 4 rings (SSSR count). The van der Waals surface area contributed by atoms with Gasteiger partial charge in [0.05, 0.1) is 16.8 Å². The van der Waals surface area contributed by atoms with Crippen LogP contribution in [0, 0.1) is 0 Å². The van der Waals surface area contributed by atoms with E-state index < -0.39 is 68.3 Å². The van der Waals surface area contributed by atoms with E-state index in [1.807, 2.05) is 5.32 Å². The van der Waals surface area contributed by atoms with Crippen molar-refractivity contribution in [1.29, 1.82) is 0 Å². The summed E-state index contributed by atoms with van der Waals surface area (Å²) in [4.78, 5) is 76.2. The van der Waals surface area contributed by atoms with Crippen molar-refractivity contribution in [2.45, 2.75) is 19.8 Å². The van der Waals surface area contributed by atoms with Gasteiger partial charge in [0.1, 0.15) is 44.3 Å². The Kier molecular flexibility index (Phi) is 12.5. The number of carbonyl (C=O) groups is 6. The molecular weight excluding hydrogens is 686 g/mol. The molecule has 0 aliphatic heterocycles. The van der Waals surface area contributed by atoms with Crippen LogP contribution >= 0.6 is 0 Å². The van der Waals surface area contributed by atoms with Crippen molar-refractivity contribution >= 4 is 35.4 Å². The summed E-state index contributed by atoms with van der Waals surface area (Å²) in [6, 6.07) is 18.8. The number of phenols is 2. The molecule has 20 heteroatoms. The zero-order chi connectivity index (χ0) is 37.9. The van der Waals surface area contributed by atoms with E-state index in [2.05, 4.69) is 20.7 Å². The van der Waals surface area contributed by atoms with Crippen LogP contribution in [-0.4, -0.2) is 111 Å². The zero-order valence-electron chi connectivity index (χ0n) is 27.3. The van der Waals surface area contributed by atoms with Gasteiger partial charge in [-0.2, -0.15) is 0 Å². The standard InChI is InChI=1S/C32H33N9O11/c1-19(42)38(50)16-33-26(45)14-28(47)39(51)17-34-27(46)15-29(48)40(52)18-35-32(49)20-10-12-21(13-11-20)41-31(23-7-3-5-9-25(23)44)36-30(37-41)22-6-2-4-8-24(22)43/h2-13,43-44,50-52H,14-18H2,1H3,(H,33,45)(H,34,46)(H,35,49). The number of hydroxylamine groups is 6. The predicted octanol–water partition coefficient (Wildman–Crippen LogP) is 0.301. The van der Waals surface area contributed by atoms with E-state index in [0.717, 1.165) is 6.92 Å². The smallest absolute Gasteiger partial charge is 0.257 e. The van der Waals surface area contributed by atoms with Gasteiger partial charge >= 0.3 is 0 Å². The maximum Gasteiger partial charge on any atom is 0.257 e. The highest BCUT2D eigenvalue weighted by Crippen LogP contribution is 2.33. The highest BCUT2D eigenvalue weighted by atomic mass is 16.5. The summed E-state index contributed by atoms with van der Waals surface area (Å²) in [5, 5.41) is 61.0. The molecule has 8 N–H and O–H groups in total. The van der Waals surface area contributed by atoms with Crippen molar-refractivity contribution < 1.29 is 54.6 Å². The van der Waals surface area contributed by atoms with Crippen LogP contribution in [0.25, 0.3) is 28.5 Å². The maximum absolute atomic E-state index is 12.8. The molecular formula is C32H33N9O11. The van der Waals surface area contributed by atoms with Crippen LogP contribution < -0.4 is 16.0 Å². The summed E-state index contributed by atoms with van der Waals surface area (Å²) >= 11 is 0. The number of benzene rings is 3. The van der Waals surface area contributed by atoms with Crippen LogP contribution in [0.4, 0.5) is 0 Å². The molecule has 0 saturated heterocycles. The molecule has 0 aliphatic carbocycles. The van der Waals surface area contributed by atoms with Crippen LogP contribution in [0.3, 0.4) is 0 Å². The minimum absolute atomic E-state index is 0.0197. The van der Waals surface area contributed by atoms with Gasteiger partial charge < -0.3 is 26.2 Å². The fraction of sp³-hybridized carbons (Fsp3) is 0.188. The number of rotatable bonds is 14. The molecule has 6 amide bonds. The summed E-state index contributed by atoms with van der Waals surface area (Å²) in [7, 11) is 0. The third-order valence-electron chi connectivity index (χ3n) is 7.08. The number of amides is 6. The lowest BCUT2D eigenvalue weighted by Gasteiger charge is -2.18. The molecule has 0 fully saturated rings. The number of phenolic OH excluding ortho intramolecular Hbond substituents is 2. The molecule has 0 aliphatic rings. The molecule has 0 bridgehead atoms. The molecule has 0 unspecified atom stereocenters. The van der Waals surface area contributed by atoms with Gasteiger partial charge in [-0.25, -0.2) is 24.9 Å². The van der Waals surface area contributed by atoms with E-state index in [1.165, 1.54) is 41.1 Å². The second-order valence-corrected chi connectivity index (χ2v) is 10.8. The molecule has 1 aromatic heterocycles. The Bertz CT molecular complexity index is 1970. The van der Waals surface area contributed by atoms with Crippen molar-refractivity contribution in [2.24, 2.45) is 0 Å². The van der Waals surface area contributed by atoms with Crippen molar-refractivity contribution in [3.05, 3.63) is 78.4 Å². The van der Waals surface area contributed by atoms with Gasteiger partial charge in [-0.1, -0.05) is 24.3 Å². The highest BCUT2D eigenvalue weighted by Gasteiger charge is 2.22.